The normalized spacial score (nSPS) is 16.2. The number of likely N-dealkylation sites (N-methyl/N-ethyl adjacent to an activating group) is 1. The van der Waals surface area contributed by atoms with Crippen molar-refractivity contribution in [3.63, 3.8) is 0 Å². The predicted octanol–water partition coefficient (Wildman–Crippen LogP) is 2.11. The lowest BCUT2D eigenvalue weighted by Crippen LogP contribution is -2.51. The number of carbonyl (C=O) groups excluding carboxylic acids is 2. The number of nitriles is 1. The molecule has 0 saturated heterocycles. The number of nitrogen functional groups attached to an aromatic ring is 1. The van der Waals surface area contributed by atoms with E-state index in [1.807, 2.05) is 0 Å². The van der Waals surface area contributed by atoms with Gasteiger partial charge in [0, 0.05) is 12.7 Å². The van der Waals surface area contributed by atoms with Gasteiger partial charge in [-0.2, -0.15) is 5.26 Å². The van der Waals surface area contributed by atoms with Gasteiger partial charge in [-0.1, -0.05) is 19.3 Å². The number of hydrogen-bond acceptors (Lipinski definition) is 5. The third kappa shape index (κ3) is 3.81. The molecule has 2 N–H and O–H groups in total. The molecule has 2 rings (SSSR count). The highest BCUT2D eigenvalue weighted by Crippen LogP contribution is 2.32. The van der Waals surface area contributed by atoms with Gasteiger partial charge in [0.1, 0.15) is 5.54 Å². The van der Waals surface area contributed by atoms with Gasteiger partial charge in [0.05, 0.1) is 11.6 Å². The van der Waals surface area contributed by atoms with E-state index in [4.69, 9.17) is 10.5 Å². The second-order valence-corrected chi connectivity index (χ2v) is 5.85. The summed E-state index contributed by atoms with van der Waals surface area (Å²) in [7, 11) is 1.61. The van der Waals surface area contributed by atoms with Gasteiger partial charge < -0.3 is 15.4 Å². The first-order valence-electron chi connectivity index (χ1n) is 7.69. The second kappa shape index (κ2) is 7.14. The van der Waals surface area contributed by atoms with Gasteiger partial charge in [-0.3, -0.25) is 4.79 Å². The number of anilines is 1. The van der Waals surface area contributed by atoms with E-state index in [9.17, 15) is 14.9 Å². The topological polar surface area (TPSA) is 96.4 Å². The molecule has 6 heteroatoms. The molecule has 0 bridgehead atoms. The van der Waals surface area contributed by atoms with Gasteiger partial charge in [-0.15, -0.1) is 0 Å². The lowest BCUT2D eigenvalue weighted by Gasteiger charge is -2.38. The van der Waals surface area contributed by atoms with Crippen LogP contribution in [0.15, 0.2) is 24.3 Å². The molecule has 0 unspecified atom stereocenters. The molecule has 0 aliphatic heterocycles. The molecule has 1 aromatic carbocycles. The standard InChI is InChI=1S/C17H21N3O3/c1-20(17(12-18)9-3-2-4-10-17)15(21)11-23-16(22)13-5-7-14(19)8-6-13/h5-8H,2-4,9-11,19H2,1H3. The summed E-state index contributed by atoms with van der Waals surface area (Å²) < 4.78 is 5.05. The van der Waals surface area contributed by atoms with Crippen molar-refractivity contribution >= 4 is 17.6 Å². The highest BCUT2D eigenvalue weighted by Gasteiger charge is 2.38. The number of nitrogens with two attached hydrogens (primary N) is 1. The van der Waals surface area contributed by atoms with E-state index in [0.29, 0.717) is 24.1 Å². The van der Waals surface area contributed by atoms with Crippen LogP contribution in [0.3, 0.4) is 0 Å². The molecule has 0 aromatic heterocycles. The van der Waals surface area contributed by atoms with E-state index in [0.717, 1.165) is 19.3 Å². The number of esters is 1. The maximum atomic E-state index is 12.3. The van der Waals surface area contributed by atoms with Crippen LogP contribution >= 0.6 is 0 Å². The van der Waals surface area contributed by atoms with Crippen molar-refractivity contribution in [3.8, 4) is 6.07 Å². The van der Waals surface area contributed by atoms with Crippen LogP contribution in [0.1, 0.15) is 42.5 Å². The number of ether oxygens (including phenoxy) is 1. The number of carbonyl (C=O) groups is 2. The van der Waals surface area contributed by atoms with Gasteiger partial charge >= 0.3 is 5.97 Å². The first kappa shape index (κ1) is 16.8. The molecule has 0 heterocycles. The summed E-state index contributed by atoms with van der Waals surface area (Å²) in [6, 6.07) is 8.55. The maximum Gasteiger partial charge on any atom is 0.338 e. The maximum absolute atomic E-state index is 12.3. The van der Waals surface area contributed by atoms with Gasteiger partial charge in [0.15, 0.2) is 6.61 Å². The van der Waals surface area contributed by atoms with Gasteiger partial charge in [0.25, 0.3) is 5.91 Å². The van der Waals surface area contributed by atoms with E-state index < -0.39 is 11.5 Å². The van der Waals surface area contributed by atoms with Crippen LogP contribution < -0.4 is 5.73 Å². The minimum Gasteiger partial charge on any atom is -0.452 e. The molecular weight excluding hydrogens is 294 g/mol. The molecule has 0 spiro atoms. The Labute approximate surface area is 135 Å². The molecule has 1 saturated carbocycles. The number of hydrogen-bond donors (Lipinski definition) is 1. The van der Waals surface area contributed by atoms with Gasteiger partial charge in [0.2, 0.25) is 0 Å². The minimum atomic E-state index is -0.775. The summed E-state index contributed by atoms with van der Waals surface area (Å²) in [4.78, 5) is 25.6. The van der Waals surface area contributed by atoms with E-state index in [1.165, 1.54) is 4.90 Å². The quantitative estimate of drug-likeness (QED) is 0.678. The lowest BCUT2D eigenvalue weighted by molar-refractivity contribution is -0.138. The summed E-state index contributed by atoms with van der Waals surface area (Å²) in [5.74, 6) is -0.946. The lowest BCUT2D eigenvalue weighted by atomic mass is 9.81. The van der Waals surface area contributed by atoms with Crippen molar-refractivity contribution in [1.29, 1.82) is 5.26 Å². The average Bonchev–Trinajstić information content (AvgIpc) is 2.59. The molecular formula is C17H21N3O3. The Morgan fingerprint density at radius 2 is 1.87 bits per heavy atom. The Bertz CT molecular complexity index is 613. The van der Waals surface area contributed by atoms with Crippen LogP contribution in [0.4, 0.5) is 5.69 Å². The van der Waals surface area contributed by atoms with Crippen molar-refractivity contribution in [1.82, 2.24) is 4.90 Å². The van der Waals surface area contributed by atoms with Crippen molar-refractivity contribution in [3.05, 3.63) is 29.8 Å². The smallest absolute Gasteiger partial charge is 0.338 e. The second-order valence-electron chi connectivity index (χ2n) is 5.85. The molecule has 1 aliphatic rings. The fourth-order valence-corrected chi connectivity index (χ4v) is 2.82. The number of nitrogens with zero attached hydrogens (tertiary/aromatic N) is 2. The van der Waals surface area contributed by atoms with Crippen LogP contribution in [-0.4, -0.2) is 36.0 Å². The minimum absolute atomic E-state index is 0.335. The zero-order valence-corrected chi connectivity index (χ0v) is 13.2. The van der Waals surface area contributed by atoms with Gasteiger partial charge in [-0.25, -0.2) is 4.79 Å². The van der Waals surface area contributed by atoms with E-state index in [-0.39, 0.29) is 12.5 Å². The molecule has 6 nitrogen and oxygen atoms in total. The summed E-state index contributed by atoms with van der Waals surface area (Å²) in [5.41, 5.74) is 5.67. The zero-order valence-electron chi connectivity index (χ0n) is 13.2. The summed E-state index contributed by atoms with van der Waals surface area (Å²) in [5, 5.41) is 9.48. The highest BCUT2D eigenvalue weighted by molar-refractivity contribution is 5.91. The van der Waals surface area contributed by atoms with Crippen LogP contribution in [0.25, 0.3) is 0 Å². The van der Waals surface area contributed by atoms with Crippen LogP contribution in [-0.2, 0) is 9.53 Å². The summed E-state index contributed by atoms with van der Waals surface area (Å²) >= 11 is 0. The molecule has 1 amide bonds. The fourth-order valence-electron chi connectivity index (χ4n) is 2.82. The Morgan fingerprint density at radius 3 is 2.43 bits per heavy atom. The van der Waals surface area contributed by atoms with Gasteiger partial charge in [-0.05, 0) is 37.1 Å². The molecule has 1 aromatic rings. The Kier molecular flexibility index (Phi) is 5.22. The first-order valence-corrected chi connectivity index (χ1v) is 7.69. The van der Waals surface area contributed by atoms with Crippen molar-refractivity contribution in [2.75, 3.05) is 19.4 Å². The van der Waals surface area contributed by atoms with Crippen molar-refractivity contribution in [2.24, 2.45) is 0 Å². The fraction of sp³-hybridized carbons (Fsp3) is 0.471. The summed E-state index contributed by atoms with van der Waals surface area (Å²) in [6.45, 7) is -0.372. The van der Waals surface area contributed by atoms with E-state index in [2.05, 4.69) is 6.07 Å². The molecule has 0 atom stereocenters. The molecule has 0 radical (unpaired) electrons. The van der Waals surface area contributed by atoms with E-state index >= 15 is 0 Å². The number of benzene rings is 1. The Hall–Kier alpha value is -2.55. The monoisotopic (exact) mass is 315 g/mol. The molecule has 23 heavy (non-hydrogen) atoms. The molecule has 1 aliphatic carbocycles. The number of amides is 1. The highest BCUT2D eigenvalue weighted by atomic mass is 16.5. The first-order chi connectivity index (χ1) is 11.0. The molecule has 1 fully saturated rings. The van der Waals surface area contributed by atoms with Crippen LogP contribution in [0.5, 0.6) is 0 Å². The largest absolute Gasteiger partial charge is 0.452 e. The zero-order chi connectivity index (χ0) is 16.9. The average molecular weight is 315 g/mol. The number of rotatable bonds is 4. The van der Waals surface area contributed by atoms with Crippen molar-refractivity contribution < 1.29 is 14.3 Å². The molecule has 122 valence electrons. The van der Waals surface area contributed by atoms with Crippen LogP contribution in [0.2, 0.25) is 0 Å². The van der Waals surface area contributed by atoms with E-state index in [1.54, 1.807) is 31.3 Å². The summed E-state index contributed by atoms with van der Waals surface area (Å²) in [6.07, 6.45) is 4.26. The van der Waals surface area contributed by atoms with Crippen molar-refractivity contribution in [2.45, 2.75) is 37.6 Å². The Balaban J connectivity index is 1.94. The predicted molar refractivity (Wildman–Crippen MR) is 85.3 cm³/mol. The Morgan fingerprint density at radius 1 is 1.26 bits per heavy atom. The third-order valence-electron chi connectivity index (χ3n) is 4.38. The van der Waals surface area contributed by atoms with Crippen LogP contribution in [0, 0.1) is 11.3 Å². The third-order valence-corrected chi connectivity index (χ3v) is 4.38. The SMILES string of the molecule is CN(C(=O)COC(=O)c1ccc(N)cc1)C1(C#N)CCCCC1.